The van der Waals surface area contributed by atoms with Crippen LogP contribution < -0.4 is 10.3 Å². The van der Waals surface area contributed by atoms with Crippen LogP contribution in [0.15, 0.2) is 47.3 Å². The van der Waals surface area contributed by atoms with Crippen LogP contribution in [0.4, 0.5) is 0 Å². The lowest BCUT2D eigenvalue weighted by Gasteiger charge is -2.06. The molecule has 0 bridgehead atoms. The highest BCUT2D eigenvalue weighted by atomic mass is 35.5. The fourth-order valence-electron chi connectivity index (χ4n) is 1.94. The Morgan fingerprint density at radius 3 is 2.55 bits per heavy atom. The second-order valence-corrected chi connectivity index (χ2v) is 4.82. The van der Waals surface area contributed by atoms with Gasteiger partial charge >= 0.3 is 0 Å². The predicted octanol–water partition coefficient (Wildman–Crippen LogP) is 3.68. The van der Waals surface area contributed by atoms with Gasteiger partial charge in [0.2, 0.25) is 0 Å². The molecule has 3 aromatic rings. The van der Waals surface area contributed by atoms with E-state index in [0.717, 1.165) is 0 Å². The molecule has 2 aromatic carbocycles. The fourth-order valence-corrected chi connectivity index (χ4v) is 2.06. The van der Waals surface area contributed by atoms with Gasteiger partial charge in [-0.2, -0.15) is 0 Å². The minimum absolute atomic E-state index is 0.172. The first-order chi connectivity index (χ1) is 9.61. The van der Waals surface area contributed by atoms with E-state index in [1.165, 1.54) is 0 Å². The van der Waals surface area contributed by atoms with Gasteiger partial charge < -0.3 is 9.72 Å². The summed E-state index contributed by atoms with van der Waals surface area (Å²) in [6, 6.07) is 12.3. The average molecular weight is 287 g/mol. The zero-order valence-electron chi connectivity index (χ0n) is 10.7. The first-order valence-electron chi connectivity index (χ1n) is 6.06. The van der Waals surface area contributed by atoms with Crippen LogP contribution in [0.5, 0.6) is 11.5 Å². The van der Waals surface area contributed by atoms with Crippen LogP contribution in [0.2, 0.25) is 5.02 Å². The van der Waals surface area contributed by atoms with Gasteiger partial charge in [-0.15, -0.1) is 0 Å². The van der Waals surface area contributed by atoms with Crippen molar-refractivity contribution in [3.8, 4) is 11.5 Å². The lowest BCUT2D eigenvalue weighted by molar-refractivity contribution is 0.483. The number of aromatic nitrogens is 2. The Morgan fingerprint density at radius 1 is 1.10 bits per heavy atom. The van der Waals surface area contributed by atoms with Crippen LogP contribution in [0.3, 0.4) is 0 Å². The van der Waals surface area contributed by atoms with Crippen LogP contribution in [0.1, 0.15) is 5.82 Å². The van der Waals surface area contributed by atoms with E-state index >= 15 is 0 Å². The third-order valence-electron chi connectivity index (χ3n) is 2.84. The van der Waals surface area contributed by atoms with Gasteiger partial charge in [0.05, 0.1) is 10.9 Å². The number of hydrogen-bond donors (Lipinski definition) is 1. The Kier molecular flexibility index (Phi) is 3.16. The van der Waals surface area contributed by atoms with Crippen molar-refractivity contribution in [3.05, 3.63) is 63.7 Å². The van der Waals surface area contributed by atoms with Crippen molar-refractivity contribution in [2.24, 2.45) is 0 Å². The molecule has 0 amide bonds. The molecule has 100 valence electrons. The lowest BCUT2D eigenvalue weighted by atomic mass is 10.2. The van der Waals surface area contributed by atoms with Crippen molar-refractivity contribution in [2.75, 3.05) is 0 Å². The van der Waals surface area contributed by atoms with Gasteiger partial charge in [0.15, 0.2) is 0 Å². The fraction of sp³-hybridized carbons (Fsp3) is 0.0667. The number of halogens is 1. The molecule has 0 aliphatic heterocycles. The molecule has 0 spiro atoms. The van der Waals surface area contributed by atoms with Crippen molar-refractivity contribution in [3.63, 3.8) is 0 Å². The SMILES string of the molecule is Cc1nc2ccc(Oc3ccc(Cl)cc3)cc2c(=O)[nH]1. The monoisotopic (exact) mass is 286 g/mol. The van der Waals surface area contributed by atoms with Crippen LogP contribution in [-0.4, -0.2) is 9.97 Å². The zero-order chi connectivity index (χ0) is 14.1. The minimum atomic E-state index is -0.172. The minimum Gasteiger partial charge on any atom is -0.457 e. The Labute approximate surface area is 120 Å². The number of benzene rings is 2. The second-order valence-electron chi connectivity index (χ2n) is 4.39. The molecule has 4 nitrogen and oxygen atoms in total. The summed E-state index contributed by atoms with van der Waals surface area (Å²) in [5, 5.41) is 1.15. The third-order valence-corrected chi connectivity index (χ3v) is 3.10. The molecule has 0 saturated heterocycles. The number of hydrogen-bond acceptors (Lipinski definition) is 3. The molecule has 0 atom stereocenters. The molecule has 0 unspecified atom stereocenters. The van der Waals surface area contributed by atoms with Crippen molar-refractivity contribution in [1.82, 2.24) is 9.97 Å². The summed E-state index contributed by atoms with van der Waals surface area (Å²) in [5.41, 5.74) is 0.476. The Bertz CT molecular complexity index is 825. The molecule has 0 fully saturated rings. The summed E-state index contributed by atoms with van der Waals surface area (Å²) in [6.07, 6.45) is 0. The molecule has 1 N–H and O–H groups in total. The van der Waals surface area contributed by atoms with Gasteiger partial charge in [0.25, 0.3) is 5.56 Å². The highest BCUT2D eigenvalue weighted by molar-refractivity contribution is 6.30. The van der Waals surface area contributed by atoms with Crippen LogP contribution >= 0.6 is 11.6 Å². The second kappa shape index (κ2) is 4.98. The van der Waals surface area contributed by atoms with Gasteiger partial charge in [0.1, 0.15) is 17.3 Å². The van der Waals surface area contributed by atoms with Gasteiger partial charge in [-0.3, -0.25) is 4.79 Å². The summed E-state index contributed by atoms with van der Waals surface area (Å²) >= 11 is 5.82. The first-order valence-corrected chi connectivity index (χ1v) is 6.44. The van der Waals surface area contributed by atoms with Crippen molar-refractivity contribution in [1.29, 1.82) is 0 Å². The molecular weight excluding hydrogens is 276 g/mol. The Balaban J connectivity index is 2.01. The van der Waals surface area contributed by atoms with E-state index in [-0.39, 0.29) is 5.56 Å². The average Bonchev–Trinajstić information content (AvgIpc) is 2.42. The van der Waals surface area contributed by atoms with Crippen molar-refractivity contribution >= 4 is 22.5 Å². The van der Waals surface area contributed by atoms with Crippen molar-refractivity contribution < 1.29 is 4.74 Å². The van der Waals surface area contributed by atoms with Gasteiger partial charge in [0, 0.05) is 5.02 Å². The molecule has 0 aliphatic rings. The Hall–Kier alpha value is -2.33. The summed E-state index contributed by atoms with van der Waals surface area (Å²) in [4.78, 5) is 18.8. The molecule has 20 heavy (non-hydrogen) atoms. The number of aryl methyl sites for hydroxylation is 1. The largest absolute Gasteiger partial charge is 0.457 e. The van der Waals surface area contributed by atoms with E-state index in [4.69, 9.17) is 16.3 Å². The number of ether oxygens (including phenoxy) is 1. The summed E-state index contributed by atoms with van der Waals surface area (Å²) < 4.78 is 5.69. The topological polar surface area (TPSA) is 55.0 Å². The highest BCUT2D eigenvalue weighted by Gasteiger charge is 2.04. The maximum atomic E-state index is 11.9. The number of rotatable bonds is 2. The molecule has 0 radical (unpaired) electrons. The van der Waals surface area contributed by atoms with Crippen LogP contribution in [-0.2, 0) is 0 Å². The summed E-state index contributed by atoms with van der Waals surface area (Å²) in [6.45, 7) is 1.75. The lowest BCUT2D eigenvalue weighted by Crippen LogP contribution is -2.09. The molecule has 3 rings (SSSR count). The summed E-state index contributed by atoms with van der Waals surface area (Å²) in [7, 11) is 0. The standard InChI is InChI=1S/C15H11ClN2O2/c1-9-17-14-7-6-12(8-13(14)15(19)18-9)20-11-4-2-10(16)3-5-11/h2-8H,1H3,(H,17,18,19). The summed E-state index contributed by atoms with van der Waals surface area (Å²) in [5.74, 6) is 1.83. The van der Waals surface area contributed by atoms with E-state index in [0.29, 0.717) is 33.2 Å². The molecule has 0 saturated carbocycles. The highest BCUT2D eigenvalue weighted by Crippen LogP contribution is 2.24. The number of fused-ring (bicyclic) bond motifs is 1. The van der Waals surface area contributed by atoms with E-state index in [9.17, 15) is 4.79 Å². The zero-order valence-corrected chi connectivity index (χ0v) is 11.4. The van der Waals surface area contributed by atoms with Crippen LogP contribution in [0.25, 0.3) is 10.9 Å². The molecule has 1 heterocycles. The Morgan fingerprint density at radius 2 is 1.80 bits per heavy atom. The maximum Gasteiger partial charge on any atom is 0.258 e. The molecule has 0 aliphatic carbocycles. The molecular formula is C15H11ClN2O2. The number of aromatic amines is 1. The van der Waals surface area contributed by atoms with Gasteiger partial charge in [-0.05, 0) is 49.4 Å². The van der Waals surface area contributed by atoms with Gasteiger partial charge in [-0.25, -0.2) is 4.98 Å². The third kappa shape index (κ3) is 2.51. The van der Waals surface area contributed by atoms with E-state index in [1.54, 1.807) is 49.4 Å². The molecule has 1 aromatic heterocycles. The maximum absolute atomic E-state index is 11.9. The smallest absolute Gasteiger partial charge is 0.258 e. The number of nitrogens with one attached hydrogen (secondary N) is 1. The predicted molar refractivity (Wildman–Crippen MR) is 78.6 cm³/mol. The number of nitrogens with zero attached hydrogens (tertiary/aromatic N) is 1. The van der Waals surface area contributed by atoms with Crippen molar-refractivity contribution in [2.45, 2.75) is 6.92 Å². The van der Waals surface area contributed by atoms with Gasteiger partial charge in [-0.1, -0.05) is 11.6 Å². The quantitative estimate of drug-likeness (QED) is 0.782. The number of H-pyrrole nitrogens is 1. The van der Waals surface area contributed by atoms with E-state index in [2.05, 4.69) is 9.97 Å². The normalized spacial score (nSPS) is 10.7. The van der Waals surface area contributed by atoms with E-state index < -0.39 is 0 Å². The molecule has 5 heteroatoms. The first kappa shape index (κ1) is 12.7. The van der Waals surface area contributed by atoms with E-state index in [1.807, 2.05) is 0 Å². The van der Waals surface area contributed by atoms with Crippen LogP contribution in [0, 0.1) is 6.92 Å².